The summed E-state index contributed by atoms with van der Waals surface area (Å²) in [6.07, 6.45) is 2.66. The minimum absolute atomic E-state index is 0.0544. The van der Waals surface area contributed by atoms with Gasteiger partial charge in [0.2, 0.25) is 0 Å². The molecule has 0 radical (unpaired) electrons. The maximum atomic E-state index is 11.7. The lowest BCUT2D eigenvalue weighted by Crippen LogP contribution is -2.34. The van der Waals surface area contributed by atoms with Crippen LogP contribution in [-0.4, -0.2) is 13.1 Å². The number of benzene rings is 1. The van der Waals surface area contributed by atoms with E-state index in [-0.39, 0.29) is 12.1 Å². The quantitative estimate of drug-likeness (QED) is 0.854. The van der Waals surface area contributed by atoms with Crippen LogP contribution in [-0.2, 0) is 0 Å². The molecule has 0 saturated heterocycles. The van der Waals surface area contributed by atoms with Gasteiger partial charge in [0.1, 0.15) is 5.75 Å². The van der Waals surface area contributed by atoms with Crippen LogP contribution in [0.5, 0.6) is 5.75 Å². The van der Waals surface area contributed by atoms with Crippen LogP contribution in [0.2, 0.25) is 0 Å². The Hall–Kier alpha value is -1.97. The number of carbonyl (C=O) groups excluding carboxylic acids is 1. The van der Waals surface area contributed by atoms with Crippen molar-refractivity contribution < 1.29 is 9.53 Å². The first kappa shape index (κ1) is 15.1. The molecule has 0 fully saturated rings. The molecule has 0 aliphatic carbocycles. The fourth-order valence-corrected chi connectivity index (χ4v) is 1.51. The van der Waals surface area contributed by atoms with Crippen molar-refractivity contribution in [3.8, 4) is 5.75 Å². The van der Waals surface area contributed by atoms with E-state index in [2.05, 4.69) is 10.6 Å². The van der Waals surface area contributed by atoms with Gasteiger partial charge in [0.05, 0.1) is 13.2 Å². The smallest absolute Gasteiger partial charge is 0.319 e. The molecule has 1 unspecified atom stereocenters. The predicted octanol–water partition coefficient (Wildman–Crippen LogP) is 3.37. The van der Waals surface area contributed by atoms with Crippen molar-refractivity contribution >= 4 is 6.03 Å². The molecule has 4 heteroatoms. The van der Waals surface area contributed by atoms with Gasteiger partial charge in [-0.15, -0.1) is 0 Å². The zero-order valence-corrected chi connectivity index (χ0v) is 12.0. The second-order valence-corrected chi connectivity index (χ2v) is 4.46. The molecule has 1 aromatic rings. The van der Waals surface area contributed by atoms with E-state index in [1.165, 1.54) is 0 Å². The van der Waals surface area contributed by atoms with Crippen LogP contribution in [0.15, 0.2) is 36.0 Å². The topological polar surface area (TPSA) is 50.4 Å². The lowest BCUT2D eigenvalue weighted by Gasteiger charge is -2.14. The van der Waals surface area contributed by atoms with Crippen LogP contribution in [0.4, 0.5) is 4.79 Å². The number of amides is 2. The van der Waals surface area contributed by atoms with Crippen molar-refractivity contribution in [1.29, 1.82) is 0 Å². The van der Waals surface area contributed by atoms with E-state index in [9.17, 15) is 4.79 Å². The molecule has 0 bridgehead atoms. The van der Waals surface area contributed by atoms with Gasteiger partial charge in [0.15, 0.2) is 0 Å². The molecular formula is C15H22N2O2. The lowest BCUT2D eigenvalue weighted by atomic mass is 10.1. The summed E-state index contributed by atoms with van der Waals surface area (Å²) in [7, 11) is 1.63. The second-order valence-electron chi connectivity index (χ2n) is 4.46. The maximum Gasteiger partial charge on any atom is 0.319 e. The van der Waals surface area contributed by atoms with E-state index in [4.69, 9.17) is 4.74 Å². The number of methoxy groups -OCH3 is 1. The van der Waals surface area contributed by atoms with E-state index >= 15 is 0 Å². The van der Waals surface area contributed by atoms with Gasteiger partial charge in [-0.1, -0.05) is 24.6 Å². The zero-order valence-electron chi connectivity index (χ0n) is 12.0. The molecule has 1 atom stereocenters. The minimum atomic E-state index is -0.198. The highest BCUT2D eigenvalue weighted by molar-refractivity contribution is 5.75. The van der Waals surface area contributed by atoms with E-state index in [0.717, 1.165) is 23.3 Å². The molecule has 0 aromatic heterocycles. The van der Waals surface area contributed by atoms with Crippen LogP contribution in [0, 0.1) is 0 Å². The third-order valence-corrected chi connectivity index (χ3v) is 2.97. The molecule has 0 aliphatic rings. The highest BCUT2D eigenvalue weighted by Gasteiger charge is 2.08. The first-order valence-corrected chi connectivity index (χ1v) is 6.43. The number of ether oxygens (including phenoxy) is 1. The molecule has 4 nitrogen and oxygen atoms in total. The zero-order chi connectivity index (χ0) is 14.3. The Morgan fingerprint density at radius 3 is 2.53 bits per heavy atom. The van der Waals surface area contributed by atoms with Crippen molar-refractivity contribution in [3.05, 3.63) is 41.6 Å². The Bertz CT molecular complexity index is 438. The summed E-state index contributed by atoms with van der Waals surface area (Å²) in [4.78, 5) is 11.7. The standard InChI is InChI=1S/C15H22N2O2/c1-5-11(2)10-16-15(18)17-12(3)13-6-8-14(19-4)9-7-13/h6-10,12H,5H2,1-4H3,(H2,16,17,18)/b11-10+. The molecular weight excluding hydrogens is 240 g/mol. The third kappa shape index (κ3) is 5.04. The Labute approximate surface area is 114 Å². The Kier molecular flexibility index (Phi) is 5.93. The van der Waals surface area contributed by atoms with Crippen molar-refractivity contribution in [2.45, 2.75) is 33.2 Å². The van der Waals surface area contributed by atoms with Gasteiger partial charge in [0.25, 0.3) is 0 Å². The Morgan fingerprint density at radius 1 is 1.37 bits per heavy atom. The minimum Gasteiger partial charge on any atom is -0.497 e. The van der Waals surface area contributed by atoms with Crippen molar-refractivity contribution in [3.63, 3.8) is 0 Å². The lowest BCUT2D eigenvalue weighted by molar-refractivity contribution is 0.241. The third-order valence-electron chi connectivity index (χ3n) is 2.97. The summed E-state index contributed by atoms with van der Waals surface area (Å²) in [5, 5.41) is 5.60. The molecule has 0 aliphatic heterocycles. The molecule has 0 saturated carbocycles. The predicted molar refractivity (Wildman–Crippen MR) is 77.1 cm³/mol. The van der Waals surface area contributed by atoms with Crippen molar-refractivity contribution in [1.82, 2.24) is 10.6 Å². The monoisotopic (exact) mass is 262 g/mol. The van der Waals surface area contributed by atoms with Gasteiger partial charge in [-0.25, -0.2) is 4.79 Å². The van der Waals surface area contributed by atoms with Crippen LogP contribution < -0.4 is 15.4 Å². The first-order valence-electron chi connectivity index (χ1n) is 6.43. The van der Waals surface area contributed by atoms with Gasteiger partial charge >= 0.3 is 6.03 Å². The molecule has 0 spiro atoms. The van der Waals surface area contributed by atoms with E-state index in [1.807, 2.05) is 45.0 Å². The molecule has 1 aromatic carbocycles. The number of urea groups is 1. The Balaban J connectivity index is 2.53. The summed E-state index contributed by atoms with van der Waals surface area (Å²) in [6.45, 7) is 5.97. The number of rotatable bonds is 5. The van der Waals surface area contributed by atoms with E-state index in [1.54, 1.807) is 13.3 Å². The SMILES string of the molecule is CC/C(C)=C/NC(=O)NC(C)c1ccc(OC)cc1. The number of nitrogens with one attached hydrogen (secondary N) is 2. The van der Waals surface area contributed by atoms with Gasteiger partial charge in [-0.05, 0) is 38.0 Å². The normalized spacial score (nSPS) is 12.7. The Morgan fingerprint density at radius 2 is 2.00 bits per heavy atom. The van der Waals surface area contributed by atoms with Crippen LogP contribution in [0.25, 0.3) is 0 Å². The van der Waals surface area contributed by atoms with Crippen molar-refractivity contribution in [2.75, 3.05) is 7.11 Å². The van der Waals surface area contributed by atoms with Crippen molar-refractivity contribution in [2.24, 2.45) is 0 Å². The molecule has 2 amide bonds. The molecule has 19 heavy (non-hydrogen) atoms. The van der Waals surface area contributed by atoms with E-state index in [0.29, 0.717) is 0 Å². The summed E-state index contributed by atoms with van der Waals surface area (Å²) >= 11 is 0. The second kappa shape index (κ2) is 7.46. The molecule has 2 N–H and O–H groups in total. The fraction of sp³-hybridized carbons (Fsp3) is 0.400. The van der Waals surface area contributed by atoms with Gasteiger partial charge in [-0.3, -0.25) is 0 Å². The summed E-state index contributed by atoms with van der Waals surface area (Å²) in [5.41, 5.74) is 2.17. The van der Waals surface area contributed by atoms with Gasteiger partial charge in [0, 0.05) is 6.20 Å². The highest BCUT2D eigenvalue weighted by Crippen LogP contribution is 2.16. The molecule has 1 rings (SSSR count). The number of hydrogen-bond donors (Lipinski definition) is 2. The molecule has 0 heterocycles. The summed E-state index contributed by atoms with van der Waals surface area (Å²) in [6, 6.07) is 7.39. The first-order chi connectivity index (χ1) is 9.06. The van der Waals surface area contributed by atoms with Crippen LogP contribution in [0.3, 0.4) is 0 Å². The highest BCUT2D eigenvalue weighted by atomic mass is 16.5. The largest absolute Gasteiger partial charge is 0.497 e. The molecule has 104 valence electrons. The average Bonchev–Trinajstić information content (AvgIpc) is 2.44. The van der Waals surface area contributed by atoms with Crippen LogP contribution >= 0.6 is 0 Å². The number of hydrogen-bond acceptors (Lipinski definition) is 2. The maximum absolute atomic E-state index is 11.7. The average molecular weight is 262 g/mol. The van der Waals surface area contributed by atoms with Crippen LogP contribution in [0.1, 0.15) is 38.8 Å². The fourth-order valence-electron chi connectivity index (χ4n) is 1.51. The number of carbonyl (C=O) groups is 1. The van der Waals surface area contributed by atoms with Gasteiger partial charge in [-0.2, -0.15) is 0 Å². The van der Waals surface area contributed by atoms with E-state index < -0.39 is 0 Å². The summed E-state index contributed by atoms with van der Waals surface area (Å²) in [5.74, 6) is 0.807. The summed E-state index contributed by atoms with van der Waals surface area (Å²) < 4.78 is 5.10. The van der Waals surface area contributed by atoms with Gasteiger partial charge < -0.3 is 15.4 Å². The number of allylic oxidation sites excluding steroid dienone is 1.